The van der Waals surface area contributed by atoms with Crippen LogP contribution >= 0.6 is 11.6 Å². The number of likely N-dealkylation sites (tertiary alicyclic amines) is 1. The highest BCUT2D eigenvalue weighted by molar-refractivity contribution is 6.34. The minimum atomic E-state index is -1.01. The highest BCUT2D eigenvalue weighted by Crippen LogP contribution is 2.34. The van der Waals surface area contributed by atoms with Gasteiger partial charge in [0.2, 0.25) is 5.91 Å². The van der Waals surface area contributed by atoms with Gasteiger partial charge in [0.1, 0.15) is 5.15 Å². The van der Waals surface area contributed by atoms with E-state index in [-0.39, 0.29) is 18.4 Å². The summed E-state index contributed by atoms with van der Waals surface area (Å²) in [5.74, 6) is -0.887. The van der Waals surface area contributed by atoms with E-state index < -0.39 is 12.0 Å². The van der Waals surface area contributed by atoms with Crippen LogP contribution in [0.3, 0.4) is 0 Å². The number of hydrogen-bond acceptors (Lipinski definition) is 3. The SMILES string of the molecule is O=C(Nc1cccc2c(Cl)nccc12)[C@H]1CN(C(=O)O)C[C@@H]1c1ccccc1. The quantitative estimate of drug-likeness (QED) is 0.650. The summed E-state index contributed by atoms with van der Waals surface area (Å²) in [5.41, 5.74) is 1.59. The molecule has 1 saturated heterocycles. The van der Waals surface area contributed by atoms with Gasteiger partial charge >= 0.3 is 6.09 Å². The summed E-state index contributed by atoms with van der Waals surface area (Å²) in [7, 11) is 0. The molecule has 0 radical (unpaired) electrons. The van der Waals surface area contributed by atoms with Crippen molar-refractivity contribution in [2.45, 2.75) is 5.92 Å². The van der Waals surface area contributed by atoms with Crippen molar-refractivity contribution in [1.29, 1.82) is 0 Å². The number of benzene rings is 2. The second kappa shape index (κ2) is 7.48. The lowest BCUT2D eigenvalue weighted by atomic mass is 9.88. The zero-order valence-corrected chi connectivity index (χ0v) is 15.6. The Bertz CT molecular complexity index is 1040. The lowest BCUT2D eigenvalue weighted by Crippen LogP contribution is -2.30. The Hall–Kier alpha value is -3.12. The Morgan fingerprint density at radius 1 is 1.04 bits per heavy atom. The van der Waals surface area contributed by atoms with Crippen LogP contribution in [0.15, 0.2) is 60.8 Å². The molecule has 2 amide bonds. The molecule has 142 valence electrons. The van der Waals surface area contributed by atoms with Gasteiger partial charge in [-0.1, -0.05) is 54.1 Å². The zero-order chi connectivity index (χ0) is 19.7. The average Bonchev–Trinajstić information content (AvgIpc) is 3.15. The molecule has 0 bridgehead atoms. The summed E-state index contributed by atoms with van der Waals surface area (Å²) in [4.78, 5) is 30.0. The fourth-order valence-corrected chi connectivity index (χ4v) is 3.99. The predicted octanol–water partition coefficient (Wildman–Crippen LogP) is 4.22. The molecule has 7 heteroatoms. The van der Waals surface area contributed by atoms with E-state index >= 15 is 0 Å². The van der Waals surface area contributed by atoms with Gasteiger partial charge in [0.25, 0.3) is 0 Å². The lowest BCUT2D eigenvalue weighted by Gasteiger charge is -2.19. The number of aromatic nitrogens is 1. The molecule has 1 aliphatic heterocycles. The van der Waals surface area contributed by atoms with Gasteiger partial charge in [-0.05, 0) is 17.7 Å². The van der Waals surface area contributed by atoms with Crippen LogP contribution < -0.4 is 5.32 Å². The number of nitrogens with zero attached hydrogens (tertiary/aromatic N) is 2. The number of carbonyl (C=O) groups excluding carboxylic acids is 1. The Labute approximate surface area is 166 Å². The van der Waals surface area contributed by atoms with E-state index in [0.717, 1.165) is 16.3 Å². The molecular weight excluding hydrogens is 378 g/mol. The Morgan fingerprint density at radius 3 is 2.57 bits per heavy atom. The van der Waals surface area contributed by atoms with Crippen LogP contribution in [0.2, 0.25) is 5.15 Å². The maximum absolute atomic E-state index is 13.1. The smallest absolute Gasteiger partial charge is 0.407 e. The van der Waals surface area contributed by atoms with Crippen LogP contribution in [0, 0.1) is 5.92 Å². The van der Waals surface area contributed by atoms with Crippen molar-refractivity contribution in [3.63, 3.8) is 0 Å². The van der Waals surface area contributed by atoms with Gasteiger partial charge < -0.3 is 15.3 Å². The van der Waals surface area contributed by atoms with Crippen molar-refractivity contribution < 1.29 is 14.7 Å². The number of halogens is 1. The molecule has 6 nitrogen and oxygen atoms in total. The molecule has 1 aliphatic rings. The third kappa shape index (κ3) is 3.39. The summed E-state index contributed by atoms with van der Waals surface area (Å²) in [5, 5.41) is 14.3. The van der Waals surface area contributed by atoms with Crippen LogP contribution in [-0.4, -0.2) is 40.1 Å². The molecule has 0 spiro atoms. The minimum Gasteiger partial charge on any atom is -0.465 e. The molecule has 2 heterocycles. The fraction of sp³-hybridized carbons (Fsp3) is 0.190. The fourth-order valence-electron chi connectivity index (χ4n) is 3.77. The molecule has 2 aromatic carbocycles. The van der Waals surface area contributed by atoms with E-state index in [1.807, 2.05) is 36.4 Å². The van der Waals surface area contributed by atoms with Crippen LogP contribution in [0.5, 0.6) is 0 Å². The van der Waals surface area contributed by atoms with Gasteiger partial charge in [-0.25, -0.2) is 9.78 Å². The molecule has 0 unspecified atom stereocenters. The van der Waals surface area contributed by atoms with Crippen molar-refractivity contribution in [3.8, 4) is 0 Å². The molecule has 3 aromatic rings. The summed E-state index contributed by atoms with van der Waals surface area (Å²) in [6.07, 6.45) is 0.578. The van der Waals surface area contributed by atoms with Crippen molar-refractivity contribution in [3.05, 3.63) is 71.5 Å². The van der Waals surface area contributed by atoms with Crippen molar-refractivity contribution >= 4 is 40.1 Å². The summed E-state index contributed by atoms with van der Waals surface area (Å²) in [6, 6.07) is 16.8. The number of pyridine rings is 1. The summed E-state index contributed by atoms with van der Waals surface area (Å²) >= 11 is 6.15. The van der Waals surface area contributed by atoms with E-state index in [1.54, 1.807) is 24.4 Å². The molecule has 4 rings (SSSR count). The van der Waals surface area contributed by atoms with Gasteiger partial charge in [-0.2, -0.15) is 0 Å². The molecule has 0 aliphatic carbocycles. The number of hydrogen-bond donors (Lipinski definition) is 2. The Balaban J connectivity index is 1.65. The first-order chi connectivity index (χ1) is 13.5. The molecule has 1 fully saturated rings. The van der Waals surface area contributed by atoms with Gasteiger partial charge in [0.05, 0.1) is 5.92 Å². The second-order valence-electron chi connectivity index (χ2n) is 6.80. The lowest BCUT2D eigenvalue weighted by molar-refractivity contribution is -0.119. The third-order valence-corrected chi connectivity index (χ3v) is 5.47. The van der Waals surface area contributed by atoms with Crippen molar-refractivity contribution in [2.75, 3.05) is 18.4 Å². The maximum Gasteiger partial charge on any atom is 0.407 e. The molecule has 28 heavy (non-hydrogen) atoms. The second-order valence-corrected chi connectivity index (χ2v) is 7.16. The topological polar surface area (TPSA) is 82.5 Å². The van der Waals surface area contributed by atoms with Crippen molar-refractivity contribution in [2.24, 2.45) is 5.92 Å². The van der Waals surface area contributed by atoms with Gasteiger partial charge in [-0.3, -0.25) is 4.79 Å². The van der Waals surface area contributed by atoms with E-state index in [0.29, 0.717) is 17.4 Å². The number of nitrogens with one attached hydrogen (secondary N) is 1. The van der Waals surface area contributed by atoms with Gasteiger partial charge in [-0.15, -0.1) is 0 Å². The van der Waals surface area contributed by atoms with Crippen molar-refractivity contribution in [1.82, 2.24) is 9.88 Å². The Morgan fingerprint density at radius 2 is 1.82 bits per heavy atom. The van der Waals surface area contributed by atoms with E-state index in [4.69, 9.17) is 11.6 Å². The number of rotatable bonds is 3. The largest absolute Gasteiger partial charge is 0.465 e. The van der Waals surface area contributed by atoms with Gasteiger partial charge in [0, 0.05) is 41.7 Å². The monoisotopic (exact) mass is 395 g/mol. The van der Waals surface area contributed by atoms with E-state index in [9.17, 15) is 14.7 Å². The maximum atomic E-state index is 13.1. The molecule has 2 atom stereocenters. The normalized spacial score (nSPS) is 19.0. The third-order valence-electron chi connectivity index (χ3n) is 5.17. The zero-order valence-electron chi connectivity index (χ0n) is 14.9. The number of carboxylic acid groups (broad SMARTS) is 1. The number of carbonyl (C=O) groups is 2. The number of amides is 2. The minimum absolute atomic E-state index is 0.161. The first-order valence-corrected chi connectivity index (χ1v) is 9.29. The van der Waals surface area contributed by atoms with E-state index in [2.05, 4.69) is 10.3 Å². The number of anilines is 1. The Kier molecular flexibility index (Phi) is 4.88. The first-order valence-electron chi connectivity index (χ1n) is 8.91. The molecular formula is C21H18ClN3O3. The number of fused-ring (bicyclic) bond motifs is 1. The van der Waals surface area contributed by atoms with Crippen LogP contribution in [0.25, 0.3) is 10.8 Å². The van der Waals surface area contributed by atoms with E-state index in [1.165, 1.54) is 4.90 Å². The summed E-state index contributed by atoms with van der Waals surface area (Å²) in [6.45, 7) is 0.455. The van der Waals surface area contributed by atoms with Gasteiger partial charge in [0.15, 0.2) is 0 Å². The summed E-state index contributed by atoms with van der Waals surface area (Å²) < 4.78 is 0. The highest BCUT2D eigenvalue weighted by Gasteiger charge is 2.40. The predicted molar refractivity (Wildman–Crippen MR) is 108 cm³/mol. The molecule has 0 saturated carbocycles. The average molecular weight is 396 g/mol. The standard InChI is InChI=1S/C21H18ClN3O3/c22-19-15-7-4-8-18(14(15)9-10-23-19)24-20(26)17-12-25(21(27)28)11-16(17)13-5-2-1-3-6-13/h1-10,16-17H,11-12H2,(H,24,26)(H,27,28)/t16-,17+/m1/s1. The van der Waals surface area contributed by atoms with Crippen LogP contribution in [-0.2, 0) is 4.79 Å². The van der Waals surface area contributed by atoms with Crippen LogP contribution in [0.1, 0.15) is 11.5 Å². The molecule has 1 aromatic heterocycles. The van der Waals surface area contributed by atoms with Crippen LogP contribution in [0.4, 0.5) is 10.5 Å². The molecule has 2 N–H and O–H groups in total. The highest BCUT2D eigenvalue weighted by atomic mass is 35.5. The first kappa shape index (κ1) is 18.3.